The van der Waals surface area contributed by atoms with Gasteiger partial charge in [-0.25, -0.2) is 13.2 Å². The normalized spacial score (nSPS) is 27.0. The summed E-state index contributed by atoms with van der Waals surface area (Å²) in [4.78, 5) is 39.5. The number of benzene rings is 1. The van der Waals surface area contributed by atoms with Crippen molar-refractivity contribution >= 4 is 27.9 Å². The lowest BCUT2D eigenvalue weighted by Gasteiger charge is -2.37. The number of amides is 3. The molecule has 2 unspecified atom stereocenters. The molecule has 2 heterocycles. The van der Waals surface area contributed by atoms with Crippen LogP contribution in [-0.2, 0) is 26.0 Å². The molecule has 1 saturated heterocycles. The second kappa shape index (κ2) is 11.9. The van der Waals surface area contributed by atoms with Crippen molar-refractivity contribution in [3.63, 3.8) is 0 Å². The van der Waals surface area contributed by atoms with Crippen molar-refractivity contribution in [1.82, 2.24) is 25.2 Å². The van der Waals surface area contributed by atoms with Crippen LogP contribution < -0.4 is 16.0 Å². The number of rotatable bonds is 10. The van der Waals surface area contributed by atoms with Gasteiger partial charge in [-0.3, -0.25) is 14.9 Å². The molecule has 4 rings (SSSR count). The van der Waals surface area contributed by atoms with Crippen LogP contribution >= 0.6 is 0 Å². The Balaban J connectivity index is 1.34. The maximum absolute atomic E-state index is 13.3. The number of nitrogens with one attached hydrogen (secondary N) is 3. The maximum Gasteiger partial charge on any atom is 0.324 e. The number of hydrogen-bond donors (Lipinski definition) is 5. The van der Waals surface area contributed by atoms with E-state index >= 15 is 0 Å². The Hall–Kier alpha value is -2.74. The van der Waals surface area contributed by atoms with Crippen molar-refractivity contribution in [2.45, 2.75) is 88.5 Å². The number of urea groups is 1. The standard InChI is InChI=1S/C28H43N5O7S/c1-5-19-15-28(19,25(36)37)31-24(35)20-10-8-13-33(20)23(34)16-29-26(38)30-22(27(2,3)4)17-32-14-12-18-9-6-7-11-21(18)41(32,39)40/h6-7,9,11,19-20,22,24,31,35H,5,8,10,12-17H2,1-4H3,(H,36,37)(H2,29,30,38)/t19?,20-,22?,24+,28+/m0/s1. The van der Waals surface area contributed by atoms with Crippen molar-refractivity contribution in [2.75, 3.05) is 26.2 Å². The number of carboxylic acids is 1. The van der Waals surface area contributed by atoms with Gasteiger partial charge in [0.15, 0.2) is 0 Å². The van der Waals surface area contributed by atoms with Gasteiger partial charge in [0.25, 0.3) is 0 Å². The summed E-state index contributed by atoms with van der Waals surface area (Å²) in [5.74, 6) is -1.47. The molecule has 41 heavy (non-hydrogen) atoms. The van der Waals surface area contributed by atoms with Gasteiger partial charge in [-0.1, -0.05) is 52.3 Å². The molecule has 3 aliphatic rings. The average molecular weight is 594 g/mol. The molecule has 0 spiro atoms. The first-order chi connectivity index (χ1) is 19.2. The van der Waals surface area contributed by atoms with Gasteiger partial charge in [0, 0.05) is 25.7 Å². The van der Waals surface area contributed by atoms with Crippen LogP contribution in [0.5, 0.6) is 0 Å². The van der Waals surface area contributed by atoms with Gasteiger partial charge in [0.2, 0.25) is 15.9 Å². The number of aliphatic hydroxyl groups excluding tert-OH is 1. The number of nitrogens with zero attached hydrogens (tertiary/aromatic N) is 2. The van der Waals surface area contributed by atoms with Crippen molar-refractivity contribution in [3.8, 4) is 0 Å². The molecule has 0 aromatic heterocycles. The van der Waals surface area contributed by atoms with Crippen LogP contribution in [0.2, 0.25) is 0 Å². The van der Waals surface area contributed by atoms with Crippen LogP contribution in [0.4, 0.5) is 4.79 Å². The summed E-state index contributed by atoms with van der Waals surface area (Å²) >= 11 is 0. The fourth-order valence-corrected chi connectivity index (χ4v) is 7.68. The van der Waals surface area contributed by atoms with E-state index in [4.69, 9.17) is 0 Å². The van der Waals surface area contributed by atoms with Gasteiger partial charge in [0.1, 0.15) is 11.8 Å². The quantitative estimate of drug-likeness (QED) is 0.251. The Morgan fingerprint density at radius 1 is 1.17 bits per heavy atom. The second-order valence-electron chi connectivity index (χ2n) is 12.4. The van der Waals surface area contributed by atoms with Gasteiger partial charge >= 0.3 is 12.0 Å². The zero-order valence-corrected chi connectivity index (χ0v) is 25.0. The third-order valence-electron chi connectivity index (χ3n) is 8.73. The highest BCUT2D eigenvalue weighted by Gasteiger charge is 2.60. The smallest absolute Gasteiger partial charge is 0.324 e. The van der Waals surface area contributed by atoms with Crippen LogP contribution in [0.3, 0.4) is 0 Å². The molecule has 5 N–H and O–H groups in total. The van der Waals surface area contributed by atoms with Crippen LogP contribution in [-0.4, -0.2) is 95.8 Å². The molecule has 2 aliphatic heterocycles. The highest BCUT2D eigenvalue weighted by molar-refractivity contribution is 7.89. The molecule has 1 aliphatic carbocycles. The largest absolute Gasteiger partial charge is 0.480 e. The topological polar surface area (TPSA) is 168 Å². The number of hydrogen-bond acceptors (Lipinski definition) is 7. The van der Waals surface area contributed by atoms with Crippen LogP contribution in [0.25, 0.3) is 0 Å². The van der Waals surface area contributed by atoms with E-state index < -0.39 is 57.2 Å². The first-order valence-corrected chi connectivity index (χ1v) is 15.8. The van der Waals surface area contributed by atoms with E-state index in [9.17, 15) is 33.0 Å². The summed E-state index contributed by atoms with van der Waals surface area (Å²) in [6.07, 6.45) is 1.64. The maximum atomic E-state index is 13.3. The third-order valence-corrected chi connectivity index (χ3v) is 10.7. The molecular formula is C28H43N5O7S. The van der Waals surface area contributed by atoms with Gasteiger partial charge < -0.3 is 25.7 Å². The molecule has 2 fully saturated rings. The number of fused-ring (bicyclic) bond motifs is 1. The summed E-state index contributed by atoms with van der Waals surface area (Å²) in [5.41, 5.74) is -0.875. The van der Waals surface area contributed by atoms with E-state index in [1.807, 2.05) is 39.8 Å². The van der Waals surface area contributed by atoms with E-state index in [1.165, 1.54) is 9.21 Å². The van der Waals surface area contributed by atoms with E-state index in [2.05, 4.69) is 16.0 Å². The molecule has 5 atom stereocenters. The molecule has 1 aromatic carbocycles. The predicted molar refractivity (Wildman–Crippen MR) is 151 cm³/mol. The first-order valence-electron chi connectivity index (χ1n) is 14.3. The third kappa shape index (κ3) is 6.52. The highest BCUT2D eigenvalue weighted by Crippen LogP contribution is 2.46. The lowest BCUT2D eigenvalue weighted by molar-refractivity contribution is -0.143. The number of aliphatic carboxylic acids is 1. The molecule has 228 valence electrons. The zero-order valence-electron chi connectivity index (χ0n) is 24.2. The number of sulfonamides is 1. The van der Waals surface area contributed by atoms with Gasteiger partial charge in [0.05, 0.1) is 17.5 Å². The Morgan fingerprint density at radius 3 is 2.51 bits per heavy atom. The summed E-state index contributed by atoms with van der Waals surface area (Å²) in [7, 11) is -3.71. The average Bonchev–Trinajstić information content (AvgIpc) is 3.40. The molecule has 3 amide bonds. The number of likely N-dealkylation sites (tertiary alicyclic amines) is 1. The lowest BCUT2D eigenvalue weighted by Crippen LogP contribution is -2.58. The minimum absolute atomic E-state index is 0.0732. The summed E-state index contributed by atoms with van der Waals surface area (Å²) in [6, 6.07) is 5.18. The summed E-state index contributed by atoms with van der Waals surface area (Å²) < 4.78 is 27.9. The van der Waals surface area contributed by atoms with Gasteiger partial charge in [-0.05, 0) is 48.6 Å². The minimum Gasteiger partial charge on any atom is -0.480 e. The lowest BCUT2D eigenvalue weighted by atomic mass is 9.86. The fraction of sp³-hybridized carbons (Fsp3) is 0.679. The number of carboxylic acid groups (broad SMARTS) is 1. The number of carbonyl (C=O) groups is 3. The van der Waals surface area contributed by atoms with E-state index in [0.29, 0.717) is 45.2 Å². The molecule has 0 radical (unpaired) electrons. The van der Waals surface area contributed by atoms with E-state index in [-0.39, 0.29) is 23.9 Å². The molecule has 1 aromatic rings. The Morgan fingerprint density at radius 2 is 1.88 bits per heavy atom. The molecule has 12 nitrogen and oxygen atoms in total. The van der Waals surface area contributed by atoms with Gasteiger partial charge in [-0.15, -0.1) is 0 Å². The van der Waals surface area contributed by atoms with E-state index in [1.54, 1.807) is 12.1 Å². The van der Waals surface area contributed by atoms with Crippen molar-refractivity contribution in [2.24, 2.45) is 11.3 Å². The molecule has 13 heteroatoms. The van der Waals surface area contributed by atoms with Crippen molar-refractivity contribution < 1.29 is 33.0 Å². The van der Waals surface area contributed by atoms with Crippen LogP contribution in [0, 0.1) is 11.3 Å². The van der Waals surface area contributed by atoms with Crippen molar-refractivity contribution in [3.05, 3.63) is 29.8 Å². The zero-order chi connectivity index (χ0) is 30.2. The van der Waals surface area contributed by atoms with Crippen LogP contribution in [0.15, 0.2) is 29.2 Å². The summed E-state index contributed by atoms with van der Waals surface area (Å²) in [6.45, 7) is 8.09. The Labute approximate surface area is 241 Å². The van der Waals surface area contributed by atoms with E-state index in [0.717, 1.165) is 5.56 Å². The highest BCUT2D eigenvalue weighted by atomic mass is 32.2. The Bertz CT molecular complexity index is 1270. The SMILES string of the molecule is CCC1C[C@]1(N[C@H](O)[C@@H]1CCCN1C(=O)CNC(=O)NC(CN1CCc2ccccc2S1(=O)=O)C(C)(C)C)C(=O)O. The predicted octanol–water partition coefficient (Wildman–Crippen LogP) is 1.10. The fourth-order valence-electron chi connectivity index (χ4n) is 5.98. The molecule has 0 bridgehead atoms. The first kappa shape index (κ1) is 31.2. The summed E-state index contributed by atoms with van der Waals surface area (Å²) in [5, 5.41) is 28.8. The molecule has 1 saturated carbocycles. The molecular weight excluding hydrogens is 550 g/mol. The van der Waals surface area contributed by atoms with Crippen molar-refractivity contribution in [1.29, 1.82) is 0 Å². The Kier molecular flexibility index (Phi) is 9.03. The van der Waals surface area contributed by atoms with Gasteiger partial charge in [-0.2, -0.15) is 4.31 Å². The number of aliphatic hydroxyl groups is 1. The van der Waals surface area contributed by atoms with Crippen LogP contribution in [0.1, 0.15) is 58.9 Å². The monoisotopic (exact) mass is 593 g/mol. The second-order valence-corrected chi connectivity index (χ2v) is 14.3. The number of carbonyl (C=O) groups excluding carboxylic acids is 2. The minimum atomic E-state index is -3.71.